The molecule has 2 aromatic rings. The summed E-state index contributed by atoms with van der Waals surface area (Å²) in [5.41, 5.74) is 9.12. The van der Waals surface area contributed by atoms with E-state index < -0.39 is 0 Å². The Morgan fingerprint density at radius 1 is 1.16 bits per heavy atom. The van der Waals surface area contributed by atoms with Gasteiger partial charge in [0.05, 0.1) is 6.61 Å². The van der Waals surface area contributed by atoms with Gasteiger partial charge in [-0.1, -0.05) is 12.1 Å². The zero-order valence-electron chi connectivity index (χ0n) is 14.0. The molecule has 0 saturated heterocycles. The van der Waals surface area contributed by atoms with E-state index >= 15 is 0 Å². The third-order valence-electron chi connectivity index (χ3n) is 3.67. The van der Waals surface area contributed by atoms with Crippen molar-refractivity contribution < 1.29 is 9.53 Å². The maximum atomic E-state index is 12.2. The Morgan fingerprint density at radius 3 is 2.60 bits per heavy atom. The number of amides is 2. The van der Waals surface area contributed by atoms with Crippen LogP contribution in [0.15, 0.2) is 59.7 Å². The first-order valence-electron chi connectivity index (χ1n) is 8.06. The van der Waals surface area contributed by atoms with Gasteiger partial charge in [0.15, 0.2) is 0 Å². The minimum absolute atomic E-state index is 0.308. The normalized spacial score (nSPS) is 13.0. The van der Waals surface area contributed by atoms with Gasteiger partial charge in [-0.05, 0) is 54.5 Å². The lowest BCUT2D eigenvalue weighted by Gasteiger charge is -2.10. The van der Waals surface area contributed by atoms with E-state index in [2.05, 4.69) is 15.6 Å². The molecule has 0 saturated carbocycles. The number of ether oxygens (including phenoxy) is 1. The van der Waals surface area contributed by atoms with Crippen molar-refractivity contribution in [3.63, 3.8) is 0 Å². The Bertz CT molecular complexity index is 826. The summed E-state index contributed by atoms with van der Waals surface area (Å²) in [5, 5.41) is 5.62. The van der Waals surface area contributed by atoms with Crippen LogP contribution in [-0.2, 0) is 0 Å². The fourth-order valence-electron chi connectivity index (χ4n) is 2.52. The largest absolute Gasteiger partial charge is 0.494 e. The van der Waals surface area contributed by atoms with Gasteiger partial charge in [-0.3, -0.25) is 0 Å². The number of hydrogen-bond donors (Lipinski definition) is 3. The molecular weight excluding hydrogens is 316 g/mol. The van der Waals surface area contributed by atoms with E-state index in [-0.39, 0.29) is 6.03 Å². The van der Waals surface area contributed by atoms with Crippen LogP contribution in [0.2, 0.25) is 0 Å². The second kappa shape index (κ2) is 7.53. The summed E-state index contributed by atoms with van der Waals surface area (Å²) in [4.78, 5) is 16.2. The Balaban J connectivity index is 1.61. The lowest BCUT2D eigenvalue weighted by atomic mass is 10.0. The number of aliphatic imine (C=N–C) groups is 1. The fourth-order valence-corrected chi connectivity index (χ4v) is 2.52. The molecule has 1 aliphatic heterocycles. The van der Waals surface area contributed by atoms with Crippen molar-refractivity contribution in [2.45, 2.75) is 13.3 Å². The maximum Gasteiger partial charge on any atom is 0.323 e. The number of nitrogens with one attached hydrogen (secondary N) is 2. The molecule has 0 bridgehead atoms. The van der Waals surface area contributed by atoms with E-state index in [1.165, 1.54) is 0 Å². The highest BCUT2D eigenvalue weighted by molar-refractivity contribution is 6.00. The maximum absolute atomic E-state index is 12.2. The van der Waals surface area contributed by atoms with Crippen LogP contribution in [0.4, 0.5) is 16.2 Å². The highest BCUT2D eigenvalue weighted by atomic mass is 16.5. The van der Waals surface area contributed by atoms with Crippen LogP contribution in [0.5, 0.6) is 5.75 Å². The molecule has 0 radical (unpaired) electrons. The number of nitrogens with two attached hydrogens (primary N) is 1. The molecule has 0 aliphatic carbocycles. The highest BCUT2D eigenvalue weighted by Crippen LogP contribution is 2.25. The SMILES string of the molecule is CCOc1ccc(NC(=O)Nc2cccc(C3=CN=C(N)C3)c2)cc1. The minimum Gasteiger partial charge on any atom is -0.494 e. The second-order valence-electron chi connectivity index (χ2n) is 5.57. The quantitative estimate of drug-likeness (QED) is 0.775. The van der Waals surface area contributed by atoms with Crippen molar-refractivity contribution in [2.75, 3.05) is 17.2 Å². The average molecular weight is 336 g/mol. The first-order chi connectivity index (χ1) is 12.1. The molecule has 1 heterocycles. The van der Waals surface area contributed by atoms with E-state index in [1.807, 2.05) is 43.3 Å². The number of amidine groups is 1. The summed E-state index contributed by atoms with van der Waals surface area (Å²) >= 11 is 0. The summed E-state index contributed by atoms with van der Waals surface area (Å²) in [6, 6.07) is 14.5. The van der Waals surface area contributed by atoms with Gasteiger partial charge in [0.2, 0.25) is 0 Å². The molecule has 0 unspecified atom stereocenters. The molecule has 4 N–H and O–H groups in total. The molecule has 0 spiro atoms. The van der Waals surface area contributed by atoms with Crippen molar-refractivity contribution in [3.05, 3.63) is 60.3 Å². The van der Waals surface area contributed by atoms with Crippen LogP contribution in [0.1, 0.15) is 18.9 Å². The highest BCUT2D eigenvalue weighted by Gasteiger charge is 2.10. The molecule has 2 aromatic carbocycles. The van der Waals surface area contributed by atoms with Gasteiger partial charge in [0.1, 0.15) is 11.6 Å². The van der Waals surface area contributed by atoms with Gasteiger partial charge in [0, 0.05) is 24.0 Å². The van der Waals surface area contributed by atoms with E-state index in [1.54, 1.807) is 18.3 Å². The Labute approximate surface area is 146 Å². The van der Waals surface area contributed by atoms with Crippen molar-refractivity contribution in [3.8, 4) is 5.75 Å². The molecule has 3 rings (SSSR count). The van der Waals surface area contributed by atoms with Gasteiger partial charge in [-0.15, -0.1) is 0 Å². The summed E-state index contributed by atoms with van der Waals surface area (Å²) in [5.74, 6) is 1.37. The number of hydrogen-bond acceptors (Lipinski definition) is 4. The Kier molecular flexibility index (Phi) is 4.99. The second-order valence-corrected chi connectivity index (χ2v) is 5.57. The number of carbonyl (C=O) groups is 1. The van der Waals surface area contributed by atoms with Crippen LogP contribution in [0, 0.1) is 0 Å². The summed E-state index contributed by atoms with van der Waals surface area (Å²) < 4.78 is 5.38. The van der Waals surface area contributed by atoms with Crippen molar-refractivity contribution in [1.29, 1.82) is 0 Å². The molecule has 0 aromatic heterocycles. The molecule has 6 heteroatoms. The first-order valence-corrected chi connectivity index (χ1v) is 8.06. The molecule has 6 nitrogen and oxygen atoms in total. The molecule has 0 atom stereocenters. The number of carbonyl (C=O) groups excluding carboxylic acids is 1. The lowest BCUT2D eigenvalue weighted by molar-refractivity contribution is 0.262. The van der Waals surface area contributed by atoms with Gasteiger partial charge in [-0.2, -0.15) is 0 Å². The van der Waals surface area contributed by atoms with Gasteiger partial charge in [0.25, 0.3) is 0 Å². The summed E-state index contributed by atoms with van der Waals surface area (Å²) in [7, 11) is 0. The fraction of sp³-hybridized carbons (Fsp3) is 0.158. The predicted octanol–water partition coefficient (Wildman–Crippen LogP) is 3.83. The number of benzene rings is 2. The van der Waals surface area contributed by atoms with E-state index in [4.69, 9.17) is 10.5 Å². The number of nitrogens with zero attached hydrogens (tertiary/aromatic N) is 1. The zero-order chi connectivity index (χ0) is 17.6. The topological polar surface area (TPSA) is 88.7 Å². The standard InChI is InChI=1S/C19H20N4O2/c1-2-25-17-8-6-15(7-9-17)22-19(24)23-16-5-3-4-13(10-16)14-11-18(20)21-12-14/h3-10,12H,2,11H2,1H3,(H2,20,21)(H2,22,23,24). The average Bonchev–Trinajstić information content (AvgIpc) is 3.04. The number of rotatable bonds is 5. The molecule has 0 fully saturated rings. The van der Waals surface area contributed by atoms with Crippen LogP contribution in [0.3, 0.4) is 0 Å². The molecular formula is C19H20N4O2. The lowest BCUT2D eigenvalue weighted by Crippen LogP contribution is -2.19. The van der Waals surface area contributed by atoms with Crippen LogP contribution in [0.25, 0.3) is 5.57 Å². The van der Waals surface area contributed by atoms with E-state index in [9.17, 15) is 4.79 Å². The molecule has 25 heavy (non-hydrogen) atoms. The molecule has 2 amide bonds. The minimum atomic E-state index is -0.308. The Hall–Kier alpha value is -3.28. The molecule has 128 valence electrons. The van der Waals surface area contributed by atoms with Crippen molar-refractivity contribution in [1.82, 2.24) is 0 Å². The zero-order valence-corrected chi connectivity index (χ0v) is 14.0. The monoisotopic (exact) mass is 336 g/mol. The third kappa shape index (κ3) is 4.38. The van der Waals surface area contributed by atoms with Crippen LogP contribution in [-0.4, -0.2) is 18.5 Å². The number of urea groups is 1. The number of anilines is 2. The summed E-state index contributed by atoms with van der Waals surface area (Å²) in [6.07, 6.45) is 2.39. The van der Waals surface area contributed by atoms with Gasteiger partial charge >= 0.3 is 6.03 Å². The first kappa shape index (κ1) is 16.6. The smallest absolute Gasteiger partial charge is 0.323 e. The van der Waals surface area contributed by atoms with Crippen molar-refractivity contribution >= 4 is 28.8 Å². The third-order valence-corrected chi connectivity index (χ3v) is 3.67. The van der Waals surface area contributed by atoms with Crippen LogP contribution >= 0.6 is 0 Å². The van der Waals surface area contributed by atoms with E-state index in [0.29, 0.717) is 30.2 Å². The summed E-state index contributed by atoms with van der Waals surface area (Å²) in [6.45, 7) is 2.53. The predicted molar refractivity (Wildman–Crippen MR) is 101 cm³/mol. The van der Waals surface area contributed by atoms with Gasteiger partial charge < -0.3 is 21.1 Å². The Morgan fingerprint density at radius 2 is 1.92 bits per heavy atom. The van der Waals surface area contributed by atoms with Crippen molar-refractivity contribution in [2.24, 2.45) is 10.7 Å². The van der Waals surface area contributed by atoms with Crippen LogP contribution < -0.4 is 21.1 Å². The van der Waals surface area contributed by atoms with E-state index in [0.717, 1.165) is 16.9 Å². The van der Waals surface area contributed by atoms with Gasteiger partial charge in [-0.25, -0.2) is 9.79 Å². The molecule has 1 aliphatic rings.